The van der Waals surface area contributed by atoms with Gasteiger partial charge in [-0.3, -0.25) is 4.79 Å². The van der Waals surface area contributed by atoms with Crippen molar-refractivity contribution in [1.82, 2.24) is 10.6 Å². The number of carbonyl (C=O) groups excluding carboxylic acids is 1. The summed E-state index contributed by atoms with van der Waals surface area (Å²) in [7, 11) is 0. The smallest absolute Gasteiger partial charge is 0.224 e. The molecule has 1 aromatic carbocycles. The van der Waals surface area contributed by atoms with Crippen LogP contribution < -0.4 is 10.6 Å². The topological polar surface area (TPSA) is 41.1 Å². The summed E-state index contributed by atoms with van der Waals surface area (Å²) in [4.78, 5) is 11.7. The van der Waals surface area contributed by atoms with Gasteiger partial charge in [-0.05, 0) is 49.5 Å². The van der Waals surface area contributed by atoms with E-state index >= 15 is 0 Å². The molecule has 0 spiro atoms. The van der Waals surface area contributed by atoms with E-state index in [1.165, 1.54) is 12.1 Å². The van der Waals surface area contributed by atoms with Crippen LogP contribution >= 0.6 is 0 Å². The molecule has 0 bridgehead atoms. The van der Waals surface area contributed by atoms with E-state index in [9.17, 15) is 9.18 Å². The Bertz CT molecular complexity index is 403. The lowest BCUT2D eigenvalue weighted by molar-refractivity contribution is -0.120. The van der Waals surface area contributed by atoms with Gasteiger partial charge in [0.25, 0.3) is 0 Å². The number of hydrogen-bond donors (Lipinski definition) is 2. The predicted octanol–water partition coefficient (Wildman–Crippen LogP) is 1.48. The Hall–Kier alpha value is -1.42. The van der Waals surface area contributed by atoms with Gasteiger partial charge in [-0.15, -0.1) is 0 Å². The van der Waals surface area contributed by atoms with Crippen LogP contribution in [-0.2, 0) is 11.2 Å². The molecule has 4 heteroatoms. The van der Waals surface area contributed by atoms with Gasteiger partial charge >= 0.3 is 0 Å². The van der Waals surface area contributed by atoms with Gasteiger partial charge in [0.2, 0.25) is 5.91 Å². The highest BCUT2D eigenvalue weighted by Gasteiger charge is 2.13. The molecule has 98 valence electrons. The number of hydrogen-bond acceptors (Lipinski definition) is 2. The van der Waals surface area contributed by atoms with Crippen molar-refractivity contribution in [2.45, 2.75) is 19.3 Å². The second-order valence-corrected chi connectivity index (χ2v) is 4.80. The first-order valence-corrected chi connectivity index (χ1v) is 6.46. The Morgan fingerprint density at radius 3 is 2.89 bits per heavy atom. The lowest BCUT2D eigenvalue weighted by Gasteiger charge is -2.22. The van der Waals surface area contributed by atoms with Crippen molar-refractivity contribution in [3.05, 3.63) is 35.6 Å². The number of carbonyl (C=O) groups is 1. The van der Waals surface area contributed by atoms with Crippen molar-refractivity contribution in [1.29, 1.82) is 0 Å². The molecule has 3 nitrogen and oxygen atoms in total. The molecule has 0 aliphatic carbocycles. The fourth-order valence-electron chi connectivity index (χ4n) is 2.24. The maximum absolute atomic E-state index is 13.0. The molecule has 1 aliphatic heterocycles. The fraction of sp³-hybridized carbons (Fsp3) is 0.500. The van der Waals surface area contributed by atoms with Crippen molar-refractivity contribution in [2.24, 2.45) is 5.92 Å². The first-order valence-electron chi connectivity index (χ1n) is 6.46. The molecule has 0 radical (unpaired) electrons. The van der Waals surface area contributed by atoms with Crippen LogP contribution in [0.3, 0.4) is 0 Å². The van der Waals surface area contributed by atoms with Crippen LogP contribution in [-0.4, -0.2) is 25.5 Å². The predicted molar refractivity (Wildman–Crippen MR) is 68.7 cm³/mol. The van der Waals surface area contributed by atoms with Crippen molar-refractivity contribution >= 4 is 5.91 Å². The number of nitrogens with one attached hydrogen (secondary N) is 2. The van der Waals surface area contributed by atoms with E-state index in [0.29, 0.717) is 5.92 Å². The maximum Gasteiger partial charge on any atom is 0.224 e. The van der Waals surface area contributed by atoms with Crippen molar-refractivity contribution < 1.29 is 9.18 Å². The number of halogens is 1. The van der Waals surface area contributed by atoms with E-state index in [-0.39, 0.29) is 18.1 Å². The average Bonchev–Trinajstić information content (AvgIpc) is 2.38. The van der Waals surface area contributed by atoms with Crippen LogP contribution in [0.4, 0.5) is 4.39 Å². The van der Waals surface area contributed by atoms with E-state index in [1.807, 2.05) is 0 Å². The number of piperidine rings is 1. The van der Waals surface area contributed by atoms with Crippen LogP contribution in [0.25, 0.3) is 0 Å². The summed E-state index contributed by atoms with van der Waals surface area (Å²) in [6.07, 6.45) is 2.48. The second-order valence-electron chi connectivity index (χ2n) is 4.80. The molecule has 1 aromatic rings. The summed E-state index contributed by atoms with van der Waals surface area (Å²) in [6, 6.07) is 6.19. The monoisotopic (exact) mass is 250 g/mol. The molecule has 0 aromatic heterocycles. The van der Waals surface area contributed by atoms with E-state index in [1.54, 1.807) is 12.1 Å². The summed E-state index contributed by atoms with van der Waals surface area (Å²) in [5, 5.41) is 6.23. The highest BCUT2D eigenvalue weighted by molar-refractivity contribution is 5.78. The van der Waals surface area contributed by atoms with Gasteiger partial charge < -0.3 is 10.6 Å². The lowest BCUT2D eigenvalue weighted by Crippen LogP contribution is -2.36. The minimum atomic E-state index is -0.293. The quantitative estimate of drug-likeness (QED) is 0.850. The van der Waals surface area contributed by atoms with Gasteiger partial charge in [-0.1, -0.05) is 12.1 Å². The minimum Gasteiger partial charge on any atom is -0.356 e. The van der Waals surface area contributed by atoms with Crippen LogP contribution in [0.15, 0.2) is 24.3 Å². The zero-order valence-corrected chi connectivity index (χ0v) is 10.4. The SMILES string of the molecule is O=C(Cc1cccc(F)c1)NCC1CCNCC1. The highest BCUT2D eigenvalue weighted by Crippen LogP contribution is 2.10. The van der Waals surface area contributed by atoms with Gasteiger partial charge in [0.05, 0.1) is 6.42 Å². The van der Waals surface area contributed by atoms with Crippen molar-refractivity contribution in [3.8, 4) is 0 Å². The third-order valence-corrected chi connectivity index (χ3v) is 3.30. The van der Waals surface area contributed by atoms with Gasteiger partial charge in [0.15, 0.2) is 0 Å². The van der Waals surface area contributed by atoms with Gasteiger partial charge in [0, 0.05) is 6.54 Å². The number of amides is 1. The molecule has 1 amide bonds. The summed E-state index contributed by atoms with van der Waals surface area (Å²) in [5.41, 5.74) is 0.720. The van der Waals surface area contributed by atoms with E-state index in [4.69, 9.17) is 0 Å². The highest BCUT2D eigenvalue weighted by atomic mass is 19.1. The average molecular weight is 250 g/mol. The van der Waals surface area contributed by atoms with Gasteiger partial charge in [-0.2, -0.15) is 0 Å². The first-order chi connectivity index (χ1) is 8.74. The van der Waals surface area contributed by atoms with Gasteiger partial charge in [0.1, 0.15) is 5.82 Å². The zero-order valence-electron chi connectivity index (χ0n) is 10.4. The molecule has 1 saturated heterocycles. The molecular weight excluding hydrogens is 231 g/mol. The third kappa shape index (κ3) is 4.11. The van der Waals surface area contributed by atoms with Crippen molar-refractivity contribution in [3.63, 3.8) is 0 Å². The fourth-order valence-corrected chi connectivity index (χ4v) is 2.24. The molecule has 1 heterocycles. The Morgan fingerprint density at radius 1 is 1.39 bits per heavy atom. The summed E-state index contributed by atoms with van der Waals surface area (Å²) < 4.78 is 13.0. The molecule has 1 aliphatic rings. The molecule has 2 rings (SSSR count). The Morgan fingerprint density at radius 2 is 2.17 bits per heavy atom. The number of rotatable bonds is 4. The minimum absolute atomic E-state index is 0.0286. The maximum atomic E-state index is 13.0. The van der Waals surface area contributed by atoms with Crippen molar-refractivity contribution in [2.75, 3.05) is 19.6 Å². The number of benzene rings is 1. The molecule has 0 atom stereocenters. The molecule has 2 N–H and O–H groups in total. The van der Waals surface area contributed by atoms with Crippen LogP contribution in [0.1, 0.15) is 18.4 Å². The summed E-state index contributed by atoms with van der Waals surface area (Å²) >= 11 is 0. The zero-order chi connectivity index (χ0) is 12.8. The van der Waals surface area contributed by atoms with Crippen LogP contribution in [0, 0.1) is 11.7 Å². The Labute approximate surface area is 107 Å². The molecule has 0 unspecified atom stereocenters. The van der Waals surface area contributed by atoms with E-state index in [0.717, 1.165) is 38.0 Å². The normalized spacial score (nSPS) is 16.5. The summed E-state index contributed by atoms with van der Waals surface area (Å²) in [5.74, 6) is 0.250. The largest absolute Gasteiger partial charge is 0.356 e. The van der Waals surface area contributed by atoms with Crippen LogP contribution in [0.2, 0.25) is 0 Å². The van der Waals surface area contributed by atoms with Gasteiger partial charge in [-0.25, -0.2) is 4.39 Å². The van der Waals surface area contributed by atoms with Crippen LogP contribution in [0.5, 0.6) is 0 Å². The van der Waals surface area contributed by atoms with E-state index < -0.39 is 0 Å². The standard InChI is InChI=1S/C14H19FN2O/c15-13-3-1-2-12(8-13)9-14(18)17-10-11-4-6-16-7-5-11/h1-3,8,11,16H,4-7,9-10H2,(H,17,18). The molecular formula is C14H19FN2O. The summed E-state index contributed by atoms with van der Waals surface area (Å²) in [6.45, 7) is 2.80. The second kappa shape index (κ2) is 6.50. The Balaban J connectivity index is 1.74. The molecule has 0 saturated carbocycles. The Kier molecular flexibility index (Phi) is 4.70. The van der Waals surface area contributed by atoms with E-state index in [2.05, 4.69) is 10.6 Å². The third-order valence-electron chi connectivity index (χ3n) is 3.30. The first kappa shape index (κ1) is 13.0. The lowest BCUT2D eigenvalue weighted by atomic mass is 9.98. The molecule has 1 fully saturated rings. The molecule has 18 heavy (non-hydrogen) atoms.